The van der Waals surface area contributed by atoms with Gasteiger partial charge in [-0.05, 0) is 30.0 Å². The lowest BCUT2D eigenvalue weighted by molar-refractivity contribution is -0.113. The Morgan fingerprint density at radius 3 is 2.91 bits per heavy atom. The Labute approximate surface area is 69.3 Å². The summed E-state index contributed by atoms with van der Waals surface area (Å²) in [5.41, 5.74) is 5.96. The van der Waals surface area contributed by atoms with Gasteiger partial charge in [0.15, 0.2) is 0 Å². The van der Waals surface area contributed by atoms with Gasteiger partial charge < -0.3 is 5.73 Å². The van der Waals surface area contributed by atoms with Gasteiger partial charge in [0.25, 0.3) is 0 Å². The molecule has 0 atom stereocenters. The van der Waals surface area contributed by atoms with Gasteiger partial charge in [-0.25, -0.2) is 0 Å². The first kappa shape index (κ1) is 8.01. The number of primary amides is 1. The van der Waals surface area contributed by atoms with E-state index in [4.69, 9.17) is 5.73 Å². The van der Waals surface area contributed by atoms with Crippen molar-refractivity contribution in [1.29, 1.82) is 0 Å². The van der Waals surface area contributed by atoms with Crippen LogP contribution in [0, 0.1) is 6.92 Å². The summed E-state index contributed by atoms with van der Waals surface area (Å²) in [5.74, 6) is -0.408. The van der Waals surface area contributed by atoms with Crippen molar-refractivity contribution in [3.63, 3.8) is 0 Å². The van der Waals surface area contributed by atoms with E-state index in [9.17, 15) is 4.79 Å². The molecule has 3 heteroatoms. The van der Waals surface area contributed by atoms with Crippen LogP contribution in [-0.4, -0.2) is 5.91 Å². The first-order chi connectivity index (χ1) is 5.18. The van der Waals surface area contributed by atoms with E-state index in [0.29, 0.717) is 0 Å². The molecule has 0 bridgehead atoms. The maximum atomic E-state index is 10.3. The molecule has 0 fully saturated rings. The lowest BCUT2D eigenvalue weighted by atomic mass is 10.3. The molecule has 0 unspecified atom stereocenters. The third-order valence-electron chi connectivity index (χ3n) is 1.19. The average molecular weight is 167 g/mol. The summed E-state index contributed by atoms with van der Waals surface area (Å²) < 4.78 is 0. The monoisotopic (exact) mass is 167 g/mol. The van der Waals surface area contributed by atoms with Crippen LogP contribution in [0.5, 0.6) is 0 Å². The Morgan fingerprint density at radius 2 is 2.45 bits per heavy atom. The summed E-state index contributed by atoms with van der Waals surface area (Å²) in [6.45, 7) is 2.02. The number of thiophene rings is 1. The summed E-state index contributed by atoms with van der Waals surface area (Å²) in [4.78, 5) is 11.5. The number of hydrogen-bond acceptors (Lipinski definition) is 2. The zero-order chi connectivity index (χ0) is 8.27. The maximum absolute atomic E-state index is 10.3. The van der Waals surface area contributed by atoms with Crippen LogP contribution in [0.15, 0.2) is 17.5 Å². The molecule has 1 amide bonds. The van der Waals surface area contributed by atoms with Crippen LogP contribution in [0.25, 0.3) is 6.08 Å². The molecule has 2 N–H and O–H groups in total. The van der Waals surface area contributed by atoms with E-state index in [1.165, 1.54) is 11.0 Å². The van der Waals surface area contributed by atoms with Crippen molar-refractivity contribution in [3.8, 4) is 0 Å². The molecule has 11 heavy (non-hydrogen) atoms. The molecular formula is C8H9NOS. The van der Waals surface area contributed by atoms with Crippen molar-refractivity contribution in [2.75, 3.05) is 0 Å². The number of amides is 1. The fraction of sp³-hybridized carbons (Fsp3) is 0.125. The molecule has 1 aromatic heterocycles. The molecule has 2 nitrogen and oxygen atoms in total. The maximum Gasteiger partial charge on any atom is 0.241 e. The number of aryl methyl sites for hydroxylation is 1. The van der Waals surface area contributed by atoms with Gasteiger partial charge in [0.2, 0.25) is 5.91 Å². The molecule has 0 spiro atoms. The molecule has 0 aliphatic heterocycles. The zero-order valence-electron chi connectivity index (χ0n) is 6.20. The van der Waals surface area contributed by atoms with E-state index in [1.807, 2.05) is 18.4 Å². The molecule has 0 aromatic carbocycles. The predicted octanol–water partition coefficient (Wildman–Crippen LogP) is 1.56. The van der Waals surface area contributed by atoms with Crippen molar-refractivity contribution < 1.29 is 4.79 Å². The summed E-state index contributed by atoms with van der Waals surface area (Å²) in [6, 6.07) is 2.00. The summed E-state index contributed by atoms with van der Waals surface area (Å²) >= 11 is 1.65. The van der Waals surface area contributed by atoms with E-state index in [-0.39, 0.29) is 0 Å². The van der Waals surface area contributed by atoms with Crippen LogP contribution < -0.4 is 5.73 Å². The minimum Gasteiger partial charge on any atom is -0.366 e. The molecule has 0 saturated heterocycles. The Kier molecular flexibility index (Phi) is 2.44. The molecule has 1 aromatic rings. The normalized spacial score (nSPS) is 10.6. The van der Waals surface area contributed by atoms with Crippen molar-refractivity contribution in [1.82, 2.24) is 0 Å². The lowest BCUT2D eigenvalue weighted by Gasteiger charge is -1.80. The fourth-order valence-corrected chi connectivity index (χ4v) is 1.40. The number of nitrogens with two attached hydrogens (primary N) is 1. The number of carbonyl (C=O) groups excluding carboxylic acids is 1. The molecule has 0 aliphatic carbocycles. The van der Waals surface area contributed by atoms with E-state index >= 15 is 0 Å². The smallest absolute Gasteiger partial charge is 0.241 e. The largest absolute Gasteiger partial charge is 0.366 e. The van der Waals surface area contributed by atoms with Gasteiger partial charge in [-0.3, -0.25) is 4.79 Å². The summed E-state index contributed by atoms with van der Waals surface area (Å²) in [6.07, 6.45) is 3.08. The molecule has 1 rings (SSSR count). The van der Waals surface area contributed by atoms with Crippen molar-refractivity contribution in [3.05, 3.63) is 28.0 Å². The van der Waals surface area contributed by atoms with Crippen LogP contribution in [0.2, 0.25) is 0 Å². The minimum atomic E-state index is -0.408. The summed E-state index contributed by atoms with van der Waals surface area (Å²) in [7, 11) is 0. The number of carbonyl (C=O) groups is 1. The molecule has 0 radical (unpaired) electrons. The minimum absolute atomic E-state index is 0.408. The van der Waals surface area contributed by atoms with Crippen LogP contribution in [-0.2, 0) is 4.79 Å². The molecular weight excluding hydrogens is 158 g/mol. The van der Waals surface area contributed by atoms with Crippen molar-refractivity contribution in [2.24, 2.45) is 5.73 Å². The average Bonchev–Trinajstić information content (AvgIpc) is 2.31. The number of rotatable bonds is 2. The van der Waals surface area contributed by atoms with Crippen LogP contribution in [0.1, 0.15) is 10.4 Å². The Balaban J connectivity index is 2.71. The third kappa shape index (κ3) is 2.55. The number of hydrogen-bond donors (Lipinski definition) is 1. The van der Waals surface area contributed by atoms with Gasteiger partial charge in [-0.1, -0.05) is 0 Å². The Bertz CT molecular complexity index is 288. The highest BCUT2D eigenvalue weighted by atomic mass is 32.1. The van der Waals surface area contributed by atoms with Gasteiger partial charge in [0, 0.05) is 11.0 Å². The zero-order valence-corrected chi connectivity index (χ0v) is 7.02. The quantitative estimate of drug-likeness (QED) is 0.667. The predicted molar refractivity (Wildman–Crippen MR) is 47.3 cm³/mol. The van der Waals surface area contributed by atoms with Crippen LogP contribution in [0.3, 0.4) is 0 Å². The van der Waals surface area contributed by atoms with E-state index < -0.39 is 5.91 Å². The molecule has 1 heterocycles. The first-order valence-corrected chi connectivity index (χ1v) is 4.09. The second-order valence-corrected chi connectivity index (χ2v) is 3.34. The SMILES string of the molecule is Cc1cc(C=CC(N)=O)cs1. The van der Waals surface area contributed by atoms with Gasteiger partial charge in [-0.2, -0.15) is 0 Å². The fourth-order valence-electron chi connectivity index (χ4n) is 0.729. The van der Waals surface area contributed by atoms with Crippen LogP contribution >= 0.6 is 11.3 Å². The Morgan fingerprint density at radius 1 is 1.73 bits per heavy atom. The van der Waals surface area contributed by atoms with Crippen LogP contribution in [0.4, 0.5) is 0 Å². The highest BCUT2D eigenvalue weighted by Crippen LogP contribution is 2.13. The lowest BCUT2D eigenvalue weighted by Crippen LogP contribution is -2.04. The van der Waals surface area contributed by atoms with Crippen molar-refractivity contribution in [2.45, 2.75) is 6.92 Å². The standard InChI is InChI=1S/C8H9NOS/c1-6-4-7(5-11-6)2-3-8(9)10/h2-5H,1H3,(H2,9,10). The van der Waals surface area contributed by atoms with Crippen molar-refractivity contribution >= 4 is 23.3 Å². The highest BCUT2D eigenvalue weighted by Gasteiger charge is 1.90. The van der Waals surface area contributed by atoms with Gasteiger partial charge in [-0.15, -0.1) is 11.3 Å². The van der Waals surface area contributed by atoms with Gasteiger partial charge >= 0.3 is 0 Å². The topological polar surface area (TPSA) is 43.1 Å². The van der Waals surface area contributed by atoms with Gasteiger partial charge in [0.05, 0.1) is 0 Å². The van der Waals surface area contributed by atoms with E-state index in [2.05, 4.69) is 0 Å². The molecule has 0 aliphatic rings. The third-order valence-corrected chi connectivity index (χ3v) is 2.07. The summed E-state index contributed by atoms with van der Waals surface area (Å²) in [5, 5.41) is 1.98. The highest BCUT2D eigenvalue weighted by molar-refractivity contribution is 7.10. The Hall–Kier alpha value is -1.09. The van der Waals surface area contributed by atoms with E-state index in [0.717, 1.165) is 5.56 Å². The van der Waals surface area contributed by atoms with Gasteiger partial charge in [0.1, 0.15) is 0 Å². The first-order valence-electron chi connectivity index (χ1n) is 3.21. The molecule has 58 valence electrons. The second-order valence-electron chi connectivity index (χ2n) is 2.23. The molecule has 0 saturated carbocycles. The van der Waals surface area contributed by atoms with E-state index in [1.54, 1.807) is 17.4 Å². The second kappa shape index (κ2) is 3.34.